The predicted molar refractivity (Wildman–Crippen MR) is 168 cm³/mol. The van der Waals surface area contributed by atoms with Gasteiger partial charge in [0.2, 0.25) is 12.5 Å². The zero-order chi connectivity index (χ0) is 35.3. The second-order valence-corrected chi connectivity index (χ2v) is 13.9. The SMILES string of the molecule is CCOP(=O)(OCC)Oc1c(OC)cc([C@@H]2c3cc4c(cc3[C@@H](O[C@H]3O[C@@H]5CO[C@H](C)O[C@H]5[C@H](O)[C@H]3O)[C@H]3COC(=O)[C@H]23)OCO4)cc1OC. The van der Waals surface area contributed by atoms with Crippen LogP contribution in [0.3, 0.4) is 0 Å². The van der Waals surface area contributed by atoms with Gasteiger partial charge in [-0.05, 0) is 61.7 Å². The number of ether oxygens (including phenoxy) is 9. The van der Waals surface area contributed by atoms with Crippen molar-refractivity contribution in [3.63, 3.8) is 0 Å². The molecule has 50 heavy (non-hydrogen) atoms. The molecule has 2 aromatic rings. The highest BCUT2D eigenvalue weighted by Gasteiger charge is 2.56. The Balaban J connectivity index is 1.30. The number of hydrogen-bond donors (Lipinski definition) is 2. The highest BCUT2D eigenvalue weighted by Crippen LogP contribution is 2.59. The first-order valence-corrected chi connectivity index (χ1v) is 17.9. The molecule has 0 amide bonds. The van der Waals surface area contributed by atoms with Crippen LogP contribution in [0.4, 0.5) is 0 Å². The third kappa shape index (κ3) is 6.20. The van der Waals surface area contributed by atoms with Crippen molar-refractivity contribution in [3.05, 3.63) is 41.0 Å². The molecule has 4 aliphatic heterocycles. The van der Waals surface area contributed by atoms with Gasteiger partial charge in [-0.25, -0.2) is 4.57 Å². The first kappa shape index (κ1) is 35.2. The van der Waals surface area contributed by atoms with Crippen molar-refractivity contribution in [2.45, 2.75) is 69.8 Å². The molecule has 2 N–H and O–H groups in total. The fourth-order valence-corrected chi connectivity index (χ4v) is 8.55. The van der Waals surface area contributed by atoms with E-state index >= 15 is 0 Å². The van der Waals surface area contributed by atoms with Gasteiger partial charge in [-0.3, -0.25) is 13.8 Å². The molecular weight excluding hydrogens is 683 g/mol. The standard InChI is InChI=1S/C33H41O16P/c1-6-44-50(37,45-7-2)49-30-22(38-4)8-16(9-23(30)39-5)25-17-10-20-21(43-14-42-20)11-18(17)29(19-12-41-32(36)26(19)25)48-33-28(35)27(34)31-24(47-33)13-40-15(3)46-31/h8-11,15,19,24-29,31,33-35H,6-7,12-14H2,1-5H3/t15-,19-,24+,25+,26-,27+,28+,29+,31+,33+/m0/s1. The summed E-state index contributed by atoms with van der Waals surface area (Å²) in [5, 5.41) is 22.2. The number of hydrogen-bond acceptors (Lipinski definition) is 16. The molecular formula is C33H41O16P. The lowest BCUT2D eigenvalue weighted by Crippen LogP contribution is -2.63. The predicted octanol–water partition coefficient (Wildman–Crippen LogP) is 3.19. The van der Waals surface area contributed by atoms with E-state index < -0.39 is 74.6 Å². The van der Waals surface area contributed by atoms with Crippen LogP contribution in [0.5, 0.6) is 28.7 Å². The molecule has 0 aromatic heterocycles. The number of rotatable bonds is 11. The van der Waals surface area contributed by atoms with Gasteiger partial charge in [0.25, 0.3) is 0 Å². The van der Waals surface area contributed by atoms with E-state index in [1.165, 1.54) is 14.2 Å². The van der Waals surface area contributed by atoms with Crippen molar-refractivity contribution < 1.29 is 75.8 Å². The van der Waals surface area contributed by atoms with Crippen LogP contribution in [0.15, 0.2) is 24.3 Å². The molecule has 0 unspecified atom stereocenters. The van der Waals surface area contributed by atoms with Crippen LogP contribution in [0.2, 0.25) is 0 Å². The molecule has 16 nitrogen and oxygen atoms in total. The molecule has 2 aromatic carbocycles. The van der Waals surface area contributed by atoms with Crippen LogP contribution in [-0.2, 0) is 42.1 Å². The number of phosphoric acid groups is 1. The van der Waals surface area contributed by atoms with Crippen molar-refractivity contribution in [1.82, 2.24) is 0 Å². The van der Waals surface area contributed by atoms with Crippen LogP contribution >= 0.6 is 7.82 Å². The second kappa shape index (κ2) is 14.1. The van der Waals surface area contributed by atoms with Crippen LogP contribution < -0.4 is 23.5 Å². The lowest BCUT2D eigenvalue weighted by Gasteiger charge is -2.47. The molecule has 17 heteroatoms. The average molecular weight is 725 g/mol. The largest absolute Gasteiger partial charge is 0.530 e. The van der Waals surface area contributed by atoms with Gasteiger partial charge < -0.3 is 57.4 Å². The number of carbonyl (C=O) groups excluding carboxylic acids is 1. The molecule has 3 fully saturated rings. The number of phosphoric ester groups is 1. The normalized spacial score (nSPS) is 32.8. The first-order chi connectivity index (χ1) is 24.1. The smallest absolute Gasteiger partial charge is 0.493 e. The third-order valence-corrected chi connectivity index (χ3v) is 11.1. The summed E-state index contributed by atoms with van der Waals surface area (Å²) in [5.41, 5.74) is 1.86. The van der Waals surface area contributed by atoms with E-state index in [9.17, 15) is 19.6 Å². The van der Waals surface area contributed by atoms with E-state index in [0.717, 1.165) is 0 Å². The van der Waals surface area contributed by atoms with Crippen LogP contribution in [0, 0.1) is 11.8 Å². The number of esters is 1. The maximum atomic E-state index is 13.7. The van der Waals surface area contributed by atoms with E-state index in [1.807, 2.05) is 0 Å². The van der Waals surface area contributed by atoms with Gasteiger partial charge in [-0.15, -0.1) is 0 Å². The molecule has 0 radical (unpaired) electrons. The van der Waals surface area contributed by atoms with Gasteiger partial charge in [0.1, 0.15) is 24.4 Å². The van der Waals surface area contributed by atoms with Crippen LogP contribution in [0.1, 0.15) is 49.5 Å². The Bertz CT molecular complexity index is 1600. The zero-order valence-electron chi connectivity index (χ0n) is 28.2. The third-order valence-electron chi connectivity index (χ3n) is 9.50. The quantitative estimate of drug-likeness (QED) is 0.254. The van der Waals surface area contributed by atoms with Crippen molar-refractivity contribution in [2.24, 2.45) is 11.8 Å². The Labute approximate surface area is 288 Å². The Kier molecular flexibility index (Phi) is 9.93. The highest BCUT2D eigenvalue weighted by atomic mass is 31.2. The minimum atomic E-state index is -4.05. The van der Waals surface area contributed by atoms with Crippen LogP contribution in [0.25, 0.3) is 0 Å². The monoisotopic (exact) mass is 724 g/mol. The molecule has 0 saturated carbocycles. The zero-order valence-corrected chi connectivity index (χ0v) is 29.1. The number of aliphatic hydroxyl groups excluding tert-OH is 2. The number of cyclic esters (lactones) is 1. The number of methoxy groups -OCH3 is 2. The summed E-state index contributed by atoms with van der Waals surface area (Å²) >= 11 is 0. The first-order valence-electron chi connectivity index (χ1n) is 16.5. The summed E-state index contributed by atoms with van der Waals surface area (Å²) in [6, 6.07) is 6.90. The van der Waals surface area contributed by atoms with E-state index in [4.69, 9.17) is 56.2 Å². The van der Waals surface area contributed by atoms with Crippen molar-refractivity contribution >= 4 is 13.8 Å². The van der Waals surface area contributed by atoms with Crippen LogP contribution in [-0.4, -0.2) is 101 Å². The van der Waals surface area contributed by atoms with Gasteiger partial charge in [-0.2, -0.15) is 0 Å². The Morgan fingerprint density at radius 1 is 0.880 bits per heavy atom. The number of carbonyl (C=O) groups is 1. The average Bonchev–Trinajstić information content (AvgIpc) is 3.72. The maximum absolute atomic E-state index is 13.7. The molecule has 4 heterocycles. The lowest BCUT2D eigenvalue weighted by atomic mass is 9.66. The minimum Gasteiger partial charge on any atom is -0.493 e. The van der Waals surface area contributed by atoms with Gasteiger partial charge >= 0.3 is 13.8 Å². The summed E-state index contributed by atoms with van der Waals surface area (Å²) in [4.78, 5) is 13.7. The molecule has 5 aliphatic rings. The van der Waals surface area contributed by atoms with Crippen molar-refractivity contribution in [3.8, 4) is 28.7 Å². The summed E-state index contributed by atoms with van der Waals surface area (Å²) in [6.45, 7) is 5.26. The van der Waals surface area contributed by atoms with Crippen molar-refractivity contribution in [1.29, 1.82) is 0 Å². The van der Waals surface area contributed by atoms with Crippen molar-refractivity contribution in [2.75, 3.05) is 47.4 Å². The van der Waals surface area contributed by atoms with E-state index in [1.54, 1.807) is 45.0 Å². The molecule has 7 rings (SSSR count). The van der Waals surface area contributed by atoms with E-state index in [0.29, 0.717) is 28.2 Å². The van der Waals surface area contributed by atoms with Gasteiger partial charge in [-0.1, -0.05) is 0 Å². The fourth-order valence-electron chi connectivity index (χ4n) is 7.33. The molecule has 3 saturated heterocycles. The number of fused-ring (bicyclic) bond motifs is 4. The summed E-state index contributed by atoms with van der Waals surface area (Å²) < 4.78 is 82.3. The minimum absolute atomic E-state index is 0.00106. The molecule has 274 valence electrons. The Hall–Kier alpha value is -3.18. The fraction of sp³-hybridized carbons (Fsp3) is 0.606. The number of aliphatic hydroxyl groups is 2. The lowest BCUT2D eigenvalue weighted by molar-refractivity contribution is -0.364. The topological polar surface area (TPSA) is 185 Å². The van der Waals surface area contributed by atoms with Gasteiger partial charge in [0.15, 0.2) is 35.6 Å². The second-order valence-electron chi connectivity index (χ2n) is 12.3. The molecule has 0 bridgehead atoms. The highest BCUT2D eigenvalue weighted by molar-refractivity contribution is 7.48. The maximum Gasteiger partial charge on any atom is 0.530 e. The van der Waals surface area contributed by atoms with E-state index in [2.05, 4.69) is 0 Å². The number of benzene rings is 2. The summed E-state index contributed by atoms with van der Waals surface area (Å²) in [7, 11) is -1.22. The summed E-state index contributed by atoms with van der Waals surface area (Å²) in [6.07, 6.45) is -7.05. The molecule has 1 aliphatic carbocycles. The van der Waals surface area contributed by atoms with Gasteiger partial charge in [0, 0.05) is 11.8 Å². The Morgan fingerprint density at radius 2 is 1.54 bits per heavy atom. The Morgan fingerprint density at radius 3 is 2.18 bits per heavy atom. The van der Waals surface area contributed by atoms with Gasteiger partial charge in [0.05, 0.1) is 52.7 Å². The molecule has 10 atom stereocenters. The summed E-state index contributed by atoms with van der Waals surface area (Å²) in [5.74, 6) is -1.29. The molecule has 0 spiro atoms. The van der Waals surface area contributed by atoms with E-state index in [-0.39, 0.29) is 50.5 Å².